The van der Waals surface area contributed by atoms with Crippen molar-refractivity contribution in [3.63, 3.8) is 0 Å². The topological polar surface area (TPSA) is 89.8 Å². The second-order valence-corrected chi connectivity index (χ2v) is 6.62. The standard InChI is InChI=1S/C17H17N5O2S/c1-11-16(25-12(2)20-11)14-3-4-15(23)22(21-14)10-9-19-17(24)13-5-7-18-8-6-13/h3-8H,9-10H2,1-2H3,(H,19,24). The van der Waals surface area contributed by atoms with Gasteiger partial charge in [0, 0.05) is 30.6 Å². The van der Waals surface area contributed by atoms with E-state index in [0.29, 0.717) is 24.3 Å². The zero-order valence-electron chi connectivity index (χ0n) is 13.9. The molecule has 0 saturated heterocycles. The quantitative estimate of drug-likeness (QED) is 0.754. The Labute approximate surface area is 148 Å². The number of nitrogens with zero attached hydrogens (tertiary/aromatic N) is 4. The van der Waals surface area contributed by atoms with Gasteiger partial charge in [-0.3, -0.25) is 14.6 Å². The molecule has 8 heteroatoms. The Morgan fingerprint density at radius 2 is 1.96 bits per heavy atom. The molecule has 7 nitrogen and oxygen atoms in total. The largest absolute Gasteiger partial charge is 0.350 e. The van der Waals surface area contributed by atoms with Gasteiger partial charge in [-0.2, -0.15) is 5.10 Å². The normalized spacial score (nSPS) is 10.6. The highest BCUT2D eigenvalue weighted by atomic mass is 32.1. The summed E-state index contributed by atoms with van der Waals surface area (Å²) in [5, 5.41) is 8.13. The second-order valence-electron chi connectivity index (χ2n) is 5.42. The molecule has 3 heterocycles. The van der Waals surface area contributed by atoms with Crippen molar-refractivity contribution < 1.29 is 4.79 Å². The zero-order chi connectivity index (χ0) is 17.8. The highest BCUT2D eigenvalue weighted by Gasteiger charge is 2.11. The van der Waals surface area contributed by atoms with Crippen molar-refractivity contribution in [1.82, 2.24) is 25.1 Å². The molecule has 0 radical (unpaired) electrons. The first-order valence-corrected chi connectivity index (χ1v) is 8.57. The van der Waals surface area contributed by atoms with Crippen LogP contribution < -0.4 is 10.9 Å². The van der Waals surface area contributed by atoms with Crippen molar-refractivity contribution in [2.24, 2.45) is 0 Å². The maximum Gasteiger partial charge on any atom is 0.266 e. The van der Waals surface area contributed by atoms with Crippen LogP contribution in [0.25, 0.3) is 10.6 Å². The molecule has 0 spiro atoms. The molecule has 25 heavy (non-hydrogen) atoms. The van der Waals surface area contributed by atoms with Gasteiger partial charge in [-0.1, -0.05) is 0 Å². The lowest BCUT2D eigenvalue weighted by atomic mass is 10.2. The molecule has 0 aliphatic heterocycles. The van der Waals surface area contributed by atoms with E-state index in [0.717, 1.165) is 15.6 Å². The van der Waals surface area contributed by atoms with Crippen LogP contribution in [-0.4, -0.2) is 32.2 Å². The molecule has 0 unspecified atom stereocenters. The first-order chi connectivity index (χ1) is 12.0. The zero-order valence-corrected chi connectivity index (χ0v) is 14.7. The number of hydrogen-bond acceptors (Lipinski definition) is 6. The average Bonchev–Trinajstić information content (AvgIpc) is 2.95. The number of nitrogens with one attached hydrogen (secondary N) is 1. The fraction of sp³-hybridized carbons (Fsp3) is 0.235. The maximum absolute atomic E-state index is 12.0. The second kappa shape index (κ2) is 7.35. The molecule has 3 aromatic rings. The van der Waals surface area contributed by atoms with Gasteiger partial charge in [0.1, 0.15) is 5.69 Å². The third-order valence-corrected chi connectivity index (χ3v) is 4.65. The summed E-state index contributed by atoms with van der Waals surface area (Å²) < 4.78 is 1.36. The van der Waals surface area contributed by atoms with E-state index in [9.17, 15) is 9.59 Å². The number of amides is 1. The van der Waals surface area contributed by atoms with Crippen LogP contribution in [-0.2, 0) is 6.54 Å². The SMILES string of the molecule is Cc1nc(C)c(-c2ccc(=O)n(CCNC(=O)c3ccncc3)n2)s1. The fourth-order valence-electron chi connectivity index (χ4n) is 2.38. The fourth-order valence-corrected chi connectivity index (χ4v) is 3.26. The number of pyridine rings is 1. The third kappa shape index (κ3) is 3.97. The molecule has 128 valence electrons. The minimum atomic E-state index is -0.208. The first-order valence-electron chi connectivity index (χ1n) is 7.75. The Morgan fingerprint density at radius 3 is 2.64 bits per heavy atom. The van der Waals surface area contributed by atoms with Crippen LogP contribution in [0.4, 0.5) is 0 Å². The average molecular weight is 355 g/mol. The molecule has 0 aliphatic carbocycles. The lowest BCUT2D eigenvalue weighted by Gasteiger charge is -2.08. The summed E-state index contributed by atoms with van der Waals surface area (Å²) in [6.45, 7) is 4.45. The van der Waals surface area contributed by atoms with E-state index >= 15 is 0 Å². The van der Waals surface area contributed by atoms with Gasteiger partial charge in [-0.15, -0.1) is 11.3 Å². The maximum atomic E-state index is 12.0. The van der Waals surface area contributed by atoms with Gasteiger partial charge in [0.15, 0.2) is 0 Å². The summed E-state index contributed by atoms with van der Waals surface area (Å²) in [4.78, 5) is 33.2. The molecule has 0 atom stereocenters. The van der Waals surface area contributed by atoms with Gasteiger partial charge in [-0.05, 0) is 32.0 Å². The predicted octanol–water partition coefficient (Wildman–Crippen LogP) is 1.81. The Kier molecular flexibility index (Phi) is 4.99. The predicted molar refractivity (Wildman–Crippen MR) is 95.6 cm³/mol. The van der Waals surface area contributed by atoms with Crippen LogP contribution in [0, 0.1) is 13.8 Å². The molecule has 0 fully saturated rings. The van der Waals surface area contributed by atoms with Crippen LogP contribution in [0.5, 0.6) is 0 Å². The minimum Gasteiger partial charge on any atom is -0.350 e. The number of carbonyl (C=O) groups is 1. The lowest BCUT2D eigenvalue weighted by Crippen LogP contribution is -2.31. The van der Waals surface area contributed by atoms with Crippen LogP contribution in [0.1, 0.15) is 21.1 Å². The molecule has 1 amide bonds. The van der Waals surface area contributed by atoms with Crippen molar-refractivity contribution in [3.8, 4) is 10.6 Å². The molecule has 3 aromatic heterocycles. The highest BCUT2D eigenvalue weighted by Crippen LogP contribution is 2.27. The van der Waals surface area contributed by atoms with Crippen molar-refractivity contribution in [1.29, 1.82) is 0 Å². The summed E-state index contributed by atoms with van der Waals surface area (Å²) in [7, 11) is 0. The number of thiazole rings is 1. The summed E-state index contributed by atoms with van der Waals surface area (Å²) in [5.74, 6) is -0.208. The molecular formula is C17H17N5O2S. The molecule has 0 aromatic carbocycles. The monoisotopic (exact) mass is 355 g/mol. The van der Waals surface area contributed by atoms with Crippen molar-refractivity contribution in [2.75, 3.05) is 6.54 Å². The minimum absolute atomic E-state index is 0.208. The first kappa shape index (κ1) is 17.0. The Bertz CT molecular complexity index is 949. The molecular weight excluding hydrogens is 338 g/mol. The van der Waals surface area contributed by atoms with Crippen LogP contribution in [0.3, 0.4) is 0 Å². The lowest BCUT2D eigenvalue weighted by molar-refractivity contribution is 0.0951. The molecule has 1 N–H and O–H groups in total. The summed E-state index contributed by atoms with van der Waals surface area (Å²) in [6.07, 6.45) is 3.12. The summed E-state index contributed by atoms with van der Waals surface area (Å²) >= 11 is 1.54. The van der Waals surface area contributed by atoms with Gasteiger partial charge in [0.25, 0.3) is 11.5 Å². The van der Waals surface area contributed by atoms with Crippen molar-refractivity contribution in [2.45, 2.75) is 20.4 Å². The van der Waals surface area contributed by atoms with Crippen LogP contribution in [0.2, 0.25) is 0 Å². The van der Waals surface area contributed by atoms with Gasteiger partial charge in [0.2, 0.25) is 0 Å². The number of rotatable bonds is 5. The molecule has 0 saturated carbocycles. The van der Waals surface area contributed by atoms with Gasteiger partial charge < -0.3 is 5.32 Å². The molecule has 3 rings (SSSR count). The number of aryl methyl sites for hydroxylation is 2. The third-order valence-electron chi connectivity index (χ3n) is 3.55. The van der Waals surface area contributed by atoms with E-state index in [-0.39, 0.29) is 11.5 Å². The number of hydrogen-bond donors (Lipinski definition) is 1. The van der Waals surface area contributed by atoms with Crippen LogP contribution in [0.15, 0.2) is 41.5 Å². The van der Waals surface area contributed by atoms with E-state index in [1.54, 1.807) is 41.9 Å². The van der Waals surface area contributed by atoms with Crippen molar-refractivity contribution in [3.05, 3.63) is 63.3 Å². The summed E-state index contributed by atoms with van der Waals surface area (Å²) in [5.41, 5.74) is 1.93. The Morgan fingerprint density at radius 1 is 1.20 bits per heavy atom. The molecule has 0 aliphatic rings. The number of carbonyl (C=O) groups excluding carboxylic acids is 1. The highest BCUT2D eigenvalue weighted by molar-refractivity contribution is 7.15. The van der Waals surface area contributed by atoms with Gasteiger partial charge in [0.05, 0.1) is 22.1 Å². The van der Waals surface area contributed by atoms with E-state index in [1.807, 2.05) is 13.8 Å². The van der Waals surface area contributed by atoms with E-state index in [2.05, 4.69) is 20.4 Å². The van der Waals surface area contributed by atoms with Crippen molar-refractivity contribution >= 4 is 17.2 Å². The van der Waals surface area contributed by atoms with E-state index in [1.165, 1.54) is 10.7 Å². The van der Waals surface area contributed by atoms with E-state index < -0.39 is 0 Å². The van der Waals surface area contributed by atoms with Gasteiger partial charge >= 0.3 is 0 Å². The van der Waals surface area contributed by atoms with E-state index in [4.69, 9.17) is 0 Å². The Hall–Kier alpha value is -2.87. The number of aromatic nitrogens is 4. The smallest absolute Gasteiger partial charge is 0.266 e. The molecule has 0 bridgehead atoms. The van der Waals surface area contributed by atoms with Gasteiger partial charge in [-0.25, -0.2) is 9.67 Å². The Balaban J connectivity index is 1.70. The van der Waals surface area contributed by atoms with Crippen LogP contribution >= 0.6 is 11.3 Å². The summed E-state index contributed by atoms with van der Waals surface area (Å²) in [6, 6.07) is 6.46.